The van der Waals surface area contributed by atoms with Gasteiger partial charge in [-0.05, 0) is 68.6 Å². The summed E-state index contributed by atoms with van der Waals surface area (Å²) in [6.45, 7) is 4.04. The molecule has 0 aromatic heterocycles. The molecule has 2 aliphatic rings. The van der Waals surface area contributed by atoms with Crippen LogP contribution in [0.2, 0.25) is 0 Å². The zero-order valence-corrected chi connectivity index (χ0v) is 15.4. The van der Waals surface area contributed by atoms with E-state index < -0.39 is 0 Å². The lowest BCUT2D eigenvalue weighted by atomic mass is 9.67. The highest BCUT2D eigenvalue weighted by Gasteiger charge is 2.39. The van der Waals surface area contributed by atoms with Crippen LogP contribution in [0.25, 0.3) is 0 Å². The van der Waals surface area contributed by atoms with Crippen molar-refractivity contribution in [2.75, 3.05) is 0 Å². The minimum absolute atomic E-state index is 0.00885. The molecule has 0 radical (unpaired) electrons. The summed E-state index contributed by atoms with van der Waals surface area (Å²) in [6, 6.07) is 6.29. The number of aryl methyl sites for hydroxylation is 2. The number of benzene rings is 1. The van der Waals surface area contributed by atoms with Crippen molar-refractivity contribution >= 4 is 11.7 Å². The Morgan fingerprint density at radius 3 is 2.40 bits per heavy atom. The second-order valence-electron chi connectivity index (χ2n) is 8.00. The van der Waals surface area contributed by atoms with E-state index in [2.05, 4.69) is 5.32 Å². The maximum Gasteiger partial charge on any atom is 0.220 e. The molecule has 3 rings (SSSR count). The number of fused-ring (bicyclic) bond motifs is 2. The zero-order chi connectivity index (χ0) is 18.0. The largest absolute Gasteiger partial charge is 0.353 e. The Morgan fingerprint density at radius 2 is 1.76 bits per heavy atom. The van der Waals surface area contributed by atoms with Gasteiger partial charge in [0.1, 0.15) is 0 Å². The molecule has 2 saturated carbocycles. The van der Waals surface area contributed by atoms with Crippen LogP contribution in [0, 0.1) is 25.7 Å². The fourth-order valence-electron chi connectivity index (χ4n) is 4.57. The molecule has 2 unspecified atom stereocenters. The Morgan fingerprint density at radius 1 is 1.08 bits per heavy atom. The van der Waals surface area contributed by atoms with E-state index in [1.807, 2.05) is 32.0 Å². The first-order chi connectivity index (χ1) is 11.9. The van der Waals surface area contributed by atoms with E-state index in [1.54, 1.807) is 0 Å². The maximum atomic E-state index is 12.4. The Labute approximate surface area is 150 Å². The fourth-order valence-corrected chi connectivity index (χ4v) is 4.57. The number of nitrogens with one attached hydrogen (secondary N) is 1. The fraction of sp³-hybridized carbons (Fsp3) is 0.619. The standard InChI is InChI=1S/C21H30N2O2/c1-13-6-7-15(10-14(13)2)19(24)8-9-20(25)23-21-16-4-3-5-17(21)12-18(22)11-16/h6-7,10,16-18,21H,3-5,8-9,11-12,22H2,1-2H3,(H,23,25). The highest BCUT2D eigenvalue weighted by molar-refractivity contribution is 5.98. The number of Topliss-reactive ketones (excluding diaryl/α,β-unsaturated/α-hetero) is 1. The first-order valence-corrected chi connectivity index (χ1v) is 9.59. The van der Waals surface area contributed by atoms with Crippen molar-refractivity contribution < 1.29 is 9.59 Å². The Kier molecular flexibility index (Phi) is 5.57. The summed E-state index contributed by atoms with van der Waals surface area (Å²) in [6.07, 6.45) is 6.16. The molecule has 136 valence electrons. The lowest BCUT2D eigenvalue weighted by molar-refractivity contribution is -0.123. The second kappa shape index (κ2) is 7.69. The van der Waals surface area contributed by atoms with Crippen LogP contribution in [-0.4, -0.2) is 23.8 Å². The van der Waals surface area contributed by atoms with Crippen LogP contribution in [0.3, 0.4) is 0 Å². The van der Waals surface area contributed by atoms with Gasteiger partial charge >= 0.3 is 0 Å². The summed E-state index contributed by atoms with van der Waals surface area (Å²) >= 11 is 0. The van der Waals surface area contributed by atoms with Crippen molar-refractivity contribution in [1.82, 2.24) is 5.32 Å². The first-order valence-electron chi connectivity index (χ1n) is 9.59. The SMILES string of the molecule is Cc1ccc(C(=O)CCC(=O)NC2C3CCCC2CC(N)C3)cc1C. The number of carbonyl (C=O) groups excluding carboxylic acids is 2. The monoisotopic (exact) mass is 342 g/mol. The van der Waals surface area contributed by atoms with Crippen molar-refractivity contribution in [1.29, 1.82) is 0 Å². The quantitative estimate of drug-likeness (QED) is 0.807. The van der Waals surface area contributed by atoms with Gasteiger partial charge in [0.05, 0.1) is 0 Å². The highest BCUT2D eigenvalue weighted by Crippen LogP contribution is 2.39. The molecule has 1 aromatic carbocycles. The molecule has 0 aliphatic heterocycles. The molecule has 0 heterocycles. The van der Waals surface area contributed by atoms with Crippen LogP contribution >= 0.6 is 0 Å². The zero-order valence-electron chi connectivity index (χ0n) is 15.4. The number of ketones is 1. The third-order valence-electron chi connectivity index (χ3n) is 6.11. The first kappa shape index (κ1) is 18.1. The second-order valence-corrected chi connectivity index (χ2v) is 8.00. The molecule has 3 N–H and O–H groups in total. The molecule has 1 amide bonds. The van der Waals surface area contributed by atoms with Gasteiger partial charge in [0.2, 0.25) is 5.91 Å². The molecule has 2 atom stereocenters. The molecule has 0 saturated heterocycles. The van der Waals surface area contributed by atoms with Gasteiger partial charge < -0.3 is 11.1 Å². The highest BCUT2D eigenvalue weighted by atomic mass is 16.2. The van der Waals surface area contributed by atoms with Crippen LogP contribution in [-0.2, 0) is 4.79 Å². The van der Waals surface area contributed by atoms with E-state index in [1.165, 1.54) is 12.0 Å². The van der Waals surface area contributed by atoms with Crippen LogP contribution in [0.4, 0.5) is 0 Å². The molecule has 2 bridgehead atoms. The normalized spacial score (nSPS) is 28.4. The molecule has 1 aromatic rings. The molecule has 4 nitrogen and oxygen atoms in total. The molecule has 25 heavy (non-hydrogen) atoms. The van der Waals surface area contributed by atoms with E-state index >= 15 is 0 Å². The summed E-state index contributed by atoms with van der Waals surface area (Å²) in [5, 5.41) is 3.22. The predicted octanol–water partition coefficient (Wildman–Crippen LogP) is 3.29. The molecule has 4 heteroatoms. The van der Waals surface area contributed by atoms with Gasteiger partial charge in [-0.3, -0.25) is 9.59 Å². The van der Waals surface area contributed by atoms with E-state index in [-0.39, 0.29) is 36.6 Å². The number of nitrogens with two attached hydrogens (primary N) is 1. The number of carbonyl (C=O) groups is 2. The van der Waals surface area contributed by atoms with E-state index in [0.717, 1.165) is 31.2 Å². The molecule has 2 fully saturated rings. The van der Waals surface area contributed by atoms with E-state index in [9.17, 15) is 9.59 Å². The summed E-state index contributed by atoms with van der Waals surface area (Å²) < 4.78 is 0. The maximum absolute atomic E-state index is 12.4. The van der Waals surface area contributed by atoms with Crippen LogP contribution < -0.4 is 11.1 Å². The summed E-state index contributed by atoms with van der Waals surface area (Å²) in [4.78, 5) is 24.7. The van der Waals surface area contributed by atoms with E-state index in [0.29, 0.717) is 17.4 Å². The smallest absolute Gasteiger partial charge is 0.220 e. The van der Waals surface area contributed by atoms with Crippen molar-refractivity contribution in [3.8, 4) is 0 Å². The summed E-state index contributed by atoms with van der Waals surface area (Å²) in [5.41, 5.74) is 9.14. The summed E-state index contributed by atoms with van der Waals surface area (Å²) in [5.74, 6) is 1.09. The summed E-state index contributed by atoms with van der Waals surface area (Å²) in [7, 11) is 0. The third-order valence-corrected chi connectivity index (χ3v) is 6.11. The Hall–Kier alpha value is -1.68. The van der Waals surface area contributed by atoms with Gasteiger partial charge in [0.15, 0.2) is 5.78 Å². The predicted molar refractivity (Wildman–Crippen MR) is 99.5 cm³/mol. The van der Waals surface area contributed by atoms with Gasteiger partial charge in [0, 0.05) is 30.5 Å². The van der Waals surface area contributed by atoms with E-state index in [4.69, 9.17) is 5.73 Å². The van der Waals surface area contributed by atoms with Gasteiger partial charge in [-0.15, -0.1) is 0 Å². The van der Waals surface area contributed by atoms with Crippen LogP contribution in [0.1, 0.15) is 66.4 Å². The minimum Gasteiger partial charge on any atom is -0.353 e. The lowest BCUT2D eigenvalue weighted by Gasteiger charge is -2.45. The number of hydrogen-bond donors (Lipinski definition) is 2. The van der Waals surface area contributed by atoms with Crippen molar-refractivity contribution in [3.05, 3.63) is 34.9 Å². The molecule has 2 aliphatic carbocycles. The van der Waals surface area contributed by atoms with Crippen molar-refractivity contribution in [2.45, 2.75) is 70.9 Å². The molecular formula is C21H30N2O2. The van der Waals surface area contributed by atoms with Crippen molar-refractivity contribution in [2.24, 2.45) is 17.6 Å². The van der Waals surface area contributed by atoms with Gasteiger partial charge in [-0.25, -0.2) is 0 Å². The Balaban J connectivity index is 1.52. The number of rotatable bonds is 5. The number of amides is 1. The lowest BCUT2D eigenvalue weighted by Crippen LogP contribution is -2.53. The van der Waals surface area contributed by atoms with Gasteiger partial charge in [0.25, 0.3) is 0 Å². The van der Waals surface area contributed by atoms with Gasteiger partial charge in [-0.1, -0.05) is 18.6 Å². The number of hydrogen-bond acceptors (Lipinski definition) is 3. The molecular weight excluding hydrogens is 312 g/mol. The average molecular weight is 342 g/mol. The minimum atomic E-state index is 0.00885. The Bertz CT molecular complexity index is 641. The average Bonchev–Trinajstić information content (AvgIpc) is 2.56. The van der Waals surface area contributed by atoms with Crippen molar-refractivity contribution in [3.63, 3.8) is 0 Å². The third kappa shape index (κ3) is 4.30. The van der Waals surface area contributed by atoms with Crippen LogP contribution in [0.15, 0.2) is 18.2 Å². The van der Waals surface area contributed by atoms with Crippen LogP contribution in [0.5, 0.6) is 0 Å². The topological polar surface area (TPSA) is 72.2 Å². The van der Waals surface area contributed by atoms with Gasteiger partial charge in [-0.2, -0.15) is 0 Å². The molecule has 0 spiro atoms.